The summed E-state index contributed by atoms with van der Waals surface area (Å²) in [5.74, 6) is -0.722. The van der Waals surface area contributed by atoms with Gasteiger partial charge in [0.25, 0.3) is 0 Å². The molecule has 190 valence electrons. The molecule has 0 saturated carbocycles. The molecule has 1 atom stereocenters. The van der Waals surface area contributed by atoms with Crippen molar-refractivity contribution in [1.82, 2.24) is 0 Å². The van der Waals surface area contributed by atoms with E-state index in [0.29, 0.717) is 58.9 Å². The average Bonchev–Trinajstić information content (AvgIpc) is 2.79. The molecule has 1 unspecified atom stereocenters. The molecule has 0 aliphatic rings. The molecule has 0 aliphatic carbocycles. The molecule has 32 heavy (non-hydrogen) atoms. The minimum absolute atomic E-state index is 0.212. The van der Waals surface area contributed by atoms with Crippen molar-refractivity contribution in [1.29, 1.82) is 0 Å². The van der Waals surface area contributed by atoms with Gasteiger partial charge in [-0.2, -0.15) is 0 Å². The normalized spacial score (nSPS) is 12.0. The molecular weight excluding hydrogens is 416 g/mol. The van der Waals surface area contributed by atoms with Gasteiger partial charge in [0.1, 0.15) is 13.2 Å². The SMILES string of the molecule is CCCCOCCOCCOC(=O)CCCC(CC)C(=O)OCCOCCOCCCC. The first-order valence-corrected chi connectivity index (χ1v) is 12.3. The summed E-state index contributed by atoms with van der Waals surface area (Å²) in [5.41, 5.74) is 0. The van der Waals surface area contributed by atoms with Crippen LogP contribution in [-0.4, -0.2) is 78.0 Å². The van der Waals surface area contributed by atoms with Crippen molar-refractivity contribution in [3.05, 3.63) is 0 Å². The fourth-order valence-electron chi connectivity index (χ4n) is 2.72. The number of carbonyl (C=O) groups is 2. The molecule has 0 aromatic carbocycles. The summed E-state index contributed by atoms with van der Waals surface area (Å²) in [5, 5.41) is 0. The maximum Gasteiger partial charge on any atom is 0.308 e. The molecule has 0 amide bonds. The minimum atomic E-state index is -0.273. The van der Waals surface area contributed by atoms with Crippen molar-refractivity contribution >= 4 is 11.9 Å². The third-order valence-electron chi connectivity index (χ3n) is 4.75. The first-order chi connectivity index (χ1) is 15.7. The number of unbranched alkanes of at least 4 members (excludes halogenated alkanes) is 2. The zero-order valence-corrected chi connectivity index (χ0v) is 20.6. The second-order valence-corrected chi connectivity index (χ2v) is 7.54. The highest BCUT2D eigenvalue weighted by molar-refractivity contribution is 5.72. The molecular formula is C24H46O8. The zero-order valence-electron chi connectivity index (χ0n) is 20.6. The fraction of sp³-hybridized carbons (Fsp3) is 0.917. The number of ether oxygens (including phenoxy) is 6. The maximum atomic E-state index is 12.2. The van der Waals surface area contributed by atoms with Crippen LogP contribution in [0, 0.1) is 5.92 Å². The smallest absolute Gasteiger partial charge is 0.308 e. The standard InChI is InChI=1S/C24H46O8/c1-4-7-12-27-14-16-29-18-20-31-23(25)11-9-10-22(6-3)24(26)32-21-19-30-17-15-28-13-8-5-2/h22H,4-21H2,1-3H3. The Labute approximate surface area is 194 Å². The molecule has 0 saturated heterocycles. The Morgan fingerprint density at radius 1 is 0.594 bits per heavy atom. The number of esters is 2. The second-order valence-electron chi connectivity index (χ2n) is 7.54. The van der Waals surface area contributed by atoms with Crippen LogP contribution in [0.15, 0.2) is 0 Å². The Morgan fingerprint density at radius 3 is 1.56 bits per heavy atom. The van der Waals surface area contributed by atoms with E-state index in [0.717, 1.165) is 38.9 Å². The molecule has 0 aliphatic heterocycles. The van der Waals surface area contributed by atoms with Crippen LogP contribution < -0.4 is 0 Å². The summed E-state index contributed by atoms with van der Waals surface area (Å²) in [6, 6.07) is 0. The molecule has 0 rings (SSSR count). The predicted octanol–water partition coefficient (Wildman–Crippen LogP) is 3.94. The van der Waals surface area contributed by atoms with Crippen LogP contribution in [0.2, 0.25) is 0 Å². The number of carbonyl (C=O) groups excluding carboxylic acids is 2. The fourth-order valence-corrected chi connectivity index (χ4v) is 2.72. The lowest BCUT2D eigenvalue weighted by Crippen LogP contribution is -2.20. The number of rotatable bonds is 24. The van der Waals surface area contributed by atoms with E-state index in [2.05, 4.69) is 13.8 Å². The molecule has 0 bridgehead atoms. The van der Waals surface area contributed by atoms with E-state index in [1.165, 1.54) is 0 Å². The van der Waals surface area contributed by atoms with E-state index in [9.17, 15) is 9.59 Å². The molecule has 0 fully saturated rings. The molecule has 0 heterocycles. The largest absolute Gasteiger partial charge is 0.463 e. The highest BCUT2D eigenvalue weighted by atomic mass is 16.6. The average molecular weight is 463 g/mol. The van der Waals surface area contributed by atoms with Crippen LogP contribution in [-0.2, 0) is 38.0 Å². The van der Waals surface area contributed by atoms with Crippen molar-refractivity contribution in [3.8, 4) is 0 Å². The Hall–Kier alpha value is -1.22. The van der Waals surface area contributed by atoms with E-state index >= 15 is 0 Å². The van der Waals surface area contributed by atoms with E-state index in [-0.39, 0.29) is 37.5 Å². The molecule has 0 aromatic heterocycles. The van der Waals surface area contributed by atoms with Crippen LogP contribution >= 0.6 is 0 Å². The third kappa shape index (κ3) is 20.7. The van der Waals surface area contributed by atoms with Crippen LogP contribution in [0.25, 0.3) is 0 Å². The molecule has 8 nitrogen and oxygen atoms in total. The van der Waals surface area contributed by atoms with Gasteiger partial charge in [0.05, 0.1) is 45.6 Å². The summed E-state index contributed by atoms with van der Waals surface area (Å²) < 4.78 is 32.0. The van der Waals surface area contributed by atoms with Crippen molar-refractivity contribution in [2.24, 2.45) is 5.92 Å². The van der Waals surface area contributed by atoms with Gasteiger partial charge in [0, 0.05) is 19.6 Å². The lowest BCUT2D eigenvalue weighted by molar-refractivity contribution is -0.151. The summed E-state index contributed by atoms with van der Waals surface area (Å²) >= 11 is 0. The van der Waals surface area contributed by atoms with Gasteiger partial charge < -0.3 is 28.4 Å². The maximum absolute atomic E-state index is 12.2. The van der Waals surface area contributed by atoms with Crippen LogP contribution in [0.3, 0.4) is 0 Å². The molecule has 0 spiro atoms. The monoisotopic (exact) mass is 462 g/mol. The van der Waals surface area contributed by atoms with Crippen LogP contribution in [0.1, 0.15) is 72.1 Å². The van der Waals surface area contributed by atoms with Gasteiger partial charge in [-0.25, -0.2) is 0 Å². The lowest BCUT2D eigenvalue weighted by atomic mass is 9.99. The van der Waals surface area contributed by atoms with Gasteiger partial charge in [-0.05, 0) is 32.1 Å². The molecule has 8 heteroatoms. The Kier molecular flexibility index (Phi) is 23.5. The highest BCUT2D eigenvalue weighted by Crippen LogP contribution is 2.15. The summed E-state index contributed by atoms with van der Waals surface area (Å²) in [7, 11) is 0. The van der Waals surface area contributed by atoms with Crippen molar-refractivity contribution < 1.29 is 38.0 Å². The van der Waals surface area contributed by atoms with Gasteiger partial charge in [0.2, 0.25) is 0 Å². The minimum Gasteiger partial charge on any atom is -0.463 e. The number of hydrogen-bond donors (Lipinski definition) is 0. The van der Waals surface area contributed by atoms with E-state index in [4.69, 9.17) is 28.4 Å². The lowest BCUT2D eigenvalue weighted by Gasteiger charge is -2.14. The van der Waals surface area contributed by atoms with Crippen molar-refractivity contribution in [3.63, 3.8) is 0 Å². The first-order valence-electron chi connectivity index (χ1n) is 12.3. The second kappa shape index (κ2) is 24.4. The van der Waals surface area contributed by atoms with E-state index in [1.54, 1.807) is 0 Å². The zero-order chi connectivity index (χ0) is 23.7. The van der Waals surface area contributed by atoms with Gasteiger partial charge in [0.15, 0.2) is 0 Å². The topological polar surface area (TPSA) is 89.5 Å². The molecule has 0 radical (unpaired) electrons. The molecule has 0 N–H and O–H groups in total. The Morgan fingerprint density at radius 2 is 1.06 bits per heavy atom. The Bertz CT molecular complexity index is 430. The first kappa shape index (κ1) is 30.8. The van der Waals surface area contributed by atoms with Crippen molar-refractivity contribution in [2.75, 3.05) is 66.1 Å². The predicted molar refractivity (Wildman–Crippen MR) is 123 cm³/mol. The number of hydrogen-bond acceptors (Lipinski definition) is 8. The van der Waals surface area contributed by atoms with E-state index < -0.39 is 0 Å². The van der Waals surface area contributed by atoms with Crippen LogP contribution in [0.5, 0.6) is 0 Å². The summed E-state index contributed by atoms with van der Waals surface area (Å²) in [6.45, 7) is 11.0. The quantitative estimate of drug-likeness (QED) is 0.157. The van der Waals surface area contributed by atoms with Gasteiger partial charge in [-0.1, -0.05) is 33.6 Å². The molecule has 0 aromatic rings. The van der Waals surface area contributed by atoms with Gasteiger partial charge in [-0.15, -0.1) is 0 Å². The van der Waals surface area contributed by atoms with Crippen molar-refractivity contribution in [2.45, 2.75) is 72.1 Å². The van der Waals surface area contributed by atoms with E-state index in [1.807, 2.05) is 6.92 Å². The Balaban J connectivity index is 3.61. The third-order valence-corrected chi connectivity index (χ3v) is 4.75. The summed E-state index contributed by atoms with van der Waals surface area (Å²) in [6.07, 6.45) is 6.48. The van der Waals surface area contributed by atoms with Crippen LogP contribution in [0.4, 0.5) is 0 Å². The highest BCUT2D eigenvalue weighted by Gasteiger charge is 2.18. The van der Waals surface area contributed by atoms with Gasteiger partial charge >= 0.3 is 11.9 Å². The summed E-state index contributed by atoms with van der Waals surface area (Å²) in [4.78, 5) is 24.0. The van der Waals surface area contributed by atoms with Gasteiger partial charge in [-0.3, -0.25) is 9.59 Å².